The highest BCUT2D eigenvalue weighted by Crippen LogP contribution is 2.30. The fourth-order valence-electron chi connectivity index (χ4n) is 5.01. The number of rotatable bonds is 8. The highest BCUT2D eigenvalue weighted by atomic mass is 127. The Kier molecular flexibility index (Phi) is 8.79. The second-order valence-corrected chi connectivity index (χ2v) is 13.2. The first-order valence-corrected chi connectivity index (χ1v) is 16.2. The van der Waals surface area contributed by atoms with E-state index in [1.54, 1.807) is 29.2 Å². The normalized spacial score (nSPS) is 14.5. The zero-order valence-corrected chi connectivity index (χ0v) is 25.1. The van der Waals surface area contributed by atoms with Gasteiger partial charge in [-0.25, -0.2) is 12.8 Å². The number of fused-ring (bicyclic) bond motifs is 1. The van der Waals surface area contributed by atoms with Crippen molar-refractivity contribution in [2.75, 3.05) is 33.4 Å². The minimum absolute atomic E-state index is 0.0689. The molecule has 1 fully saturated rings. The highest BCUT2D eigenvalue weighted by molar-refractivity contribution is 14.1. The molecule has 208 valence electrons. The van der Waals surface area contributed by atoms with Crippen LogP contribution in [0.2, 0.25) is 0 Å². The molecule has 1 aliphatic heterocycles. The van der Waals surface area contributed by atoms with Crippen molar-refractivity contribution in [2.24, 2.45) is 5.92 Å². The quantitative estimate of drug-likeness (QED) is 0.156. The van der Waals surface area contributed by atoms with Crippen molar-refractivity contribution >= 4 is 60.9 Å². The van der Waals surface area contributed by atoms with Crippen molar-refractivity contribution < 1.29 is 27.2 Å². The van der Waals surface area contributed by atoms with Gasteiger partial charge in [0, 0.05) is 55.0 Å². The summed E-state index contributed by atoms with van der Waals surface area (Å²) in [6, 6.07) is 9.90. The van der Waals surface area contributed by atoms with E-state index in [0.717, 1.165) is 36.6 Å². The fraction of sp³-hybridized carbons (Fsp3) is 0.393. The number of carbonyl (C=O) groups is 3. The molecule has 8 nitrogen and oxygen atoms in total. The van der Waals surface area contributed by atoms with E-state index in [2.05, 4.69) is 22.6 Å². The van der Waals surface area contributed by atoms with Crippen LogP contribution in [0.25, 0.3) is 10.9 Å². The van der Waals surface area contributed by atoms with Gasteiger partial charge < -0.3 is 14.4 Å². The van der Waals surface area contributed by atoms with Crippen LogP contribution in [0, 0.1) is 11.7 Å². The Hall–Kier alpha value is -2.80. The van der Waals surface area contributed by atoms with E-state index in [4.69, 9.17) is 0 Å². The van der Waals surface area contributed by atoms with Crippen LogP contribution in [-0.4, -0.2) is 73.8 Å². The molecule has 0 aliphatic carbocycles. The number of carbonyl (C=O) groups excluding carboxylic acids is 3. The average molecular weight is 668 g/mol. The Balaban J connectivity index is 1.64. The maximum atomic E-state index is 13.7. The van der Waals surface area contributed by atoms with Gasteiger partial charge in [0.2, 0.25) is 0 Å². The molecule has 39 heavy (non-hydrogen) atoms. The summed E-state index contributed by atoms with van der Waals surface area (Å²) in [5, 5.41) is 0.377. The summed E-state index contributed by atoms with van der Waals surface area (Å²) >= 11 is 2.16. The van der Waals surface area contributed by atoms with Crippen molar-refractivity contribution in [3.05, 3.63) is 70.7 Å². The Morgan fingerprint density at radius 2 is 1.69 bits per heavy atom. The predicted octanol–water partition coefficient (Wildman–Crippen LogP) is 4.08. The highest BCUT2D eigenvalue weighted by Gasteiger charge is 2.29. The zero-order valence-electron chi connectivity index (χ0n) is 22.1. The van der Waals surface area contributed by atoms with Gasteiger partial charge >= 0.3 is 0 Å². The van der Waals surface area contributed by atoms with E-state index in [9.17, 15) is 27.2 Å². The number of hydrogen-bond acceptors (Lipinski definition) is 5. The van der Waals surface area contributed by atoms with Gasteiger partial charge in [0.05, 0.1) is 11.1 Å². The summed E-state index contributed by atoms with van der Waals surface area (Å²) < 4.78 is 39.4. The number of nitrogens with zero attached hydrogens (tertiary/aromatic N) is 3. The predicted molar refractivity (Wildman–Crippen MR) is 156 cm³/mol. The first-order chi connectivity index (χ1) is 18.4. The van der Waals surface area contributed by atoms with E-state index in [1.807, 2.05) is 0 Å². The van der Waals surface area contributed by atoms with Gasteiger partial charge in [-0.15, -0.1) is 0 Å². The van der Waals surface area contributed by atoms with Crippen LogP contribution in [0.5, 0.6) is 0 Å². The van der Waals surface area contributed by atoms with Crippen LogP contribution in [0.1, 0.15) is 44.7 Å². The number of aromatic nitrogens is 1. The number of alkyl halides is 1. The average Bonchev–Trinajstić information content (AvgIpc) is 3.23. The summed E-state index contributed by atoms with van der Waals surface area (Å²) in [7, 11) is -0.508. The molecule has 3 aromatic rings. The van der Waals surface area contributed by atoms with Gasteiger partial charge in [0.1, 0.15) is 11.7 Å². The lowest BCUT2D eigenvalue weighted by Crippen LogP contribution is -2.39. The monoisotopic (exact) mass is 667 g/mol. The molecule has 2 aromatic carbocycles. The molecular weight excluding hydrogens is 636 g/mol. The van der Waals surface area contributed by atoms with Crippen LogP contribution < -0.4 is 0 Å². The number of piperidine rings is 1. The molecular formula is C28H31FIN3O5S. The van der Waals surface area contributed by atoms with Gasteiger partial charge in [0.25, 0.3) is 17.6 Å². The van der Waals surface area contributed by atoms with E-state index in [-0.39, 0.29) is 23.2 Å². The van der Waals surface area contributed by atoms with E-state index < -0.39 is 21.5 Å². The molecule has 1 saturated heterocycles. The standard InChI is InChI=1S/C28H31FIN3O5S/c1-31(2)28(36)26(34)24-16-33(17-39(3,37)38)25-13-20(15-30)22(14-23(24)25)27(35)32-10-8-19(9-11-32)12-18-4-6-21(29)7-5-18/h4-7,13-14,16,19H,8-12,15,17H2,1-3H3. The number of halogens is 2. The van der Waals surface area contributed by atoms with Gasteiger partial charge in [-0.1, -0.05) is 34.7 Å². The largest absolute Gasteiger partial charge is 0.342 e. The van der Waals surface area contributed by atoms with Crippen molar-refractivity contribution in [3.8, 4) is 0 Å². The number of sulfone groups is 1. The van der Waals surface area contributed by atoms with Crippen molar-refractivity contribution in [3.63, 3.8) is 0 Å². The van der Waals surface area contributed by atoms with Gasteiger partial charge in [-0.3, -0.25) is 14.4 Å². The van der Waals surface area contributed by atoms with E-state index in [0.29, 0.717) is 39.9 Å². The molecule has 11 heteroatoms. The third kappa shape index (κ3) is 6.68. The molecule has 0 bridgehead atoms. The summed E-state index contributed by atoms with van der Waals surface area (Å²) in [5.41, 5.74) is 2.79. The minimum atomic E-state index is -3.45. The van der Waals surface area contributed by atoms with Gasteiger partial charge in [-0.05, 0) is 60.6 Å². The third-order valence-corrected chi connectivity index (χ3v) is 8.61. The Morgan fingerprint density at radius 1 is 1.05 bits per heavy atom. The Labute approximate surface area is 241 Å². The first-order valence-electron chi connectivity index (χ1n) is 12.6. The number of likely N-dealkylation sites (tertiary alicyclic amines) is 1. The summed E-state index contributed by atoms with van der Waals surface area (Å²) in [4.78, 5) is 42.2. The lowest BCUT2D eigenvalue weighted by molar-refractivity contribution is -0.124. The Morgan fingerprint density at radius 3 is 2.26 bits per heavy atom. The fourth-order valence-corrected chi connectivity index (χ4v) is 6.36. The molecule has 0 spiro atoms. The molecule has 0 saturated carbocycles. The number of benzene rings is 2. The number of Topliss-reactive ketones (excluding diaryl/α,β-unsaturated/α-hetero) is 1. The summed E-state index contributed by atoms with van der Waals surface area (Å²) in [5.74, 6) is -1.89. The minimum Gasteiger partial charge on any atom is -0.342 e. The molecule has 0 N–H and O–H groups in total. The number of hydrogen-bond donors (Lipinski definition) is 0. The molecule has 0 atom stereocenters. The Bertz CT molecular complexity index is 1520. The van der Waals surface area contributed by atoms with Crippen LogP contribution >= 0.6 is 22.6 Å². The van der Waals surface area contributed by atoms with E-state index >= 15 is 0 Å². The lowest BCUT2D eigenvalue weighted by Gasteiger charge is -2.32. The van der Waals surface area contributed by atoms with Crippen molar-refractivity contribution in [1.82, 2.24) is 14.4 Å². The molecule has 0 unspecified atom stereocenters. The van der Waals surface area contributed by atoms with Gasteiger partial charge in [-0.2, -0.15) is 0 Å². The first kappa shape index (κ1) is 29.2. The second-order valence-electron chi connectivity index (χ2n) is 10.3. The topological polar surface area (TPSA) is 96.8 Å². The van der Waals surface area contributed by atoms with Crippen molar-refractivity contribution in [1.29, 1.82) is 0 Å². The third-order valence-electron chi connectivity index (χ3n) is 7.04. The molecule has 1 aliphatic rings. The van der Waals surface area contributed by atoms with E-state index in [1.165, 1.54) is 41.9 Å². The lowest BCUT2D eigenvalue weighted by atomic mass is 9.89. The van der Waals surface area contributed by atoms with Crippen LogP contribution in [0.4, 0.5) is 4.39 Å². The molecule has 2 heterocycles. The van der Waals surface area contributed by atoms with Crippen LogP contribution in [0.15, 0.2) is 42.6 Å². The van der Waals surface area contributed by atoms with Crippen LogP contribution in [-0.2, 0) is 31.4 Å². The van der Waals surface area contributed by atoms with Gasteiger partial charge in [0.15, 0.2) is 9.84 Å². The molecule has 0 radical (unpaired) electrons. The second kappa shape index (κ2) is 11.7. The maximum Gasteiger partial charge on any atom is 0.294 e. The number of ketones is 1. The molecule has 4 rings (SSSR count). The van der Waals surface area contributed by atoms with Crippen LogP contribution in [0.3, 0.4) is 0 Å². The number of likely N-dealkylation sites (N-methyl/N-ethyl adjacent to an activating group) is 1. The summed E-state index contributed by atoms with van der Waals surface area (Å²) in [6.45, 7) is 1.15. The van der Waals surface area contributed by atoms with Crippen molar-refractivity contribution in [2.45, 2.75) is 29.6 Å². The maximum absolute atomic E-state index is 13.7. The smallest absolute Gasteiger partial charge is 0.294 e. The molecule has 2 amide bonds. The zero-order chi connectivity index (χ0) is 28.5. The summed E-state index contributed by atoms with van der Waals surface area (Å²) in [6.07, 6.45) is 4.95. The molecule has 1 aromatic heterocycles. The SMILES string of the molecule is CN(C)C(=O)C(=O)c1cn(CS(C)(=O)=O)c2cc(CI)c(C(=O)N3CCC(Cc4ccc(F)cc4)CC3)cc12. The number of amides is 2.